The van der Waals surface area contributed by atoms with E-state index in [1.807, 2.05) is 0 Å². The van der Waals surface area contributed by atoms with Gasteiger partial charge in [-0.2, -0.15) is 0 Å². The quantitative estimate of drug-likeness (QED) is 0.832. The first-order valence-corrected chi connectivity index (χ1v) is 6.65. The van der Waals surface area contributed by atoms with Gasteiger partial charge in [-0.15, -0.1) is 0 Å². The topological polar surface area (TPSA) is 52.3 Å². The lowest BCUT2D eigenvalue weighted by atomic mass is 9.88. The van der Waals surface area contributed by atoms with Crippen molar-refractivity contribution in [1.82, 2.24) is 0 Å². The summed E-state index contributed by atoms with van der Waals surface area (Å²) in [7, 11) is 1.41. The molecule has 0 bridgehead atoms. The molecule has 0 aliphatic heterocycles. The monoisotopic (exact) mass is 247 g/mol. The molecule has 1 aliphatic rings. The van der Waals surface area contributed by atoms with Gasteiger partial charge in [0.05, 0.1) is 7.11 Å². The molecule has 0 saturated carbocycles. The van der Waals surface area contributed by atoms with Crippen molar-refractivity contribution >= 4 is 5.97 Å². The predicted molar refractivity (Wildman–Crippen MR) is 71.3 cm³/mol. The van der Waals surface area contributed by atoms with Gasteiger partial charge in [0.15, 0.2) is 0 Å². The lowest BCUT2D eigenvalue weighted by Gasteiger charge is -2.19. The Balaban J connectivity index is 2.01. The second-order valence-electron chi connectivity index (χ2n) is 4.96. The highest BCUT2D eigenvalue weighted by atomic mass is 16.5. The third kappa shape index (κ3) is 3.10. The van der Waals surface area contributed by atoms with Gasteiger partial charge in [0.2, 0.25) is 0 Å². The number of nitrogens with two attached hydrogens (primary N) is 1. The minimum absolute atomic E-state index is 0.0728. The zero-order valence-corrected chi connectivity index (χ0v) is 10.9. The molecule has 18 heavy (non-hydrogen) atoms. The molecule has 1 aromatic rings. The first-order valence-electron chi connectivity index (χ1n) is 6.65. The Bertz CT molecular complexity index is 429. The number of fused-ring (bicyclic) bond motifs is 1. The van der Waals surface area contributed by atoms with E-state index in [1.165, 1.54) is 37.5 Å². The van der Waals surface area contributed by atoms with Gasteiger partial charge < -0.3 is 10.5 Å². The Morgan fingerprint density at radius 1 is 1.33 bits per heavy atom. The molecule has 0 saturated heterocycles. The molecule has 3 nitrogen and oxygen atoms in total. The molecular formula is C15H21NO2. The zero-order valence-electron chi connectivity index (χ0n) is 10.9. The van der Waals surface area contributed by atoms with E-state index in [9.17, 15) is 4.79 Å². The fourth-order valence-electron chi connectivity index (χ4n) is 2.53. The normalized spacial score (nSPS) is 15.9. The van der Waals surface area contributed by atoms with Crippen LogP contribution in [-0.4, -0.2) is 13.1 Å². The van der Waals surface area contributed by atoms with Crippen molar-refractivity contribution < 1.29 is 9.53 Å². The van der Waals surface area contributed by atoms with E-state index in [2.05, 4.69) is 22.9 Å². The van der Waals surface area contributed by atoms with E-state index >= 15 is 0 Å². The van der Waals surface area contributed by atoms with Crippen LogP contribution in [0, 0.1) is 0 Å². The van der Waals surface area contributed by atoms with Crippen LogP contribution in [0.15, 0.2) is 18.2 Å². The number of carbonyl (C=O) groups is 1. The van der Waals surface area contributed by atoms with Gasteiger partial charge in [-0.1, -0.05) is 18.2 Å². The Morgan fingerprint density at radius 3 is 2.78 bits per heavy atom. The number of carbonyl (C=O) groups excluding carboxylic acids is 1. The van der Waals surface area contributed by atoms with Crippen molar-refractivity contribution in [3.8, 4) is 0 Å². The van der Waals surface area contributed by atoms with E-state index in [0.717, 1.165) is 12.0 Å². The maximum Gasteiger partial charge on any atom is 0.305 e. The van der Waals surface area contributed by atoms with Gasteiger partial charge in [-0.25, -0.2) is 0 Å². The number of hydrogen-bond acceptors (Lipinski definition) is 3. The summed E-state index contributed by atoms with van der Waals surface area (Å²) >= 11 is 0. The number of ether oxygens (including phenoxy) is 1. The lowest BCUT2D eigenvalue weighted by molar-refractivity contribution is -0.140. The van der Waals surface area contributed by atoms with Crippen LogP contribution >= 0.6 is 0 Å². The Morgan fingerprint density at radius 2 is 2.06 bits per heavy atom. The fraction of sp³-hybridized carbons (Fsp3) is 0.533. The molecule has 2 N–H and O–H groups in total. The van der Waals surface area contributed by atoms with Crippen molar-refractivity contribution in [2.75, 3.05) is 7.11 Å². The molecule has 1 atom stereocenters. The summed E-state index contributed by atoms with van der Waals surface area (Å²) in [6, 6.07) is 6.45. The standard InChI is InChI=1S/C15H21NO2/c1-18-15(17)9-8-14(16)13-7-6-11-4-2-3-5-12(11)10-13/h6-7,10,14H,2-5,8-9,16H2,1H3. The van der Waals surface area contributed by atoms with E-state index in [1.54, 1.807) is 0 Å². The van der Waals surface area contributed by atoms with Crippen LogP contribution in [0.2, 0.25) is 0 Å². The number of rotatable bonds is 4. The molecular weight excluding hydrogens is 226 g/mol. The fourth-order valence-corrected chi connectivity index (χ4v) is 2.53. The minimum atomic E-state index is -0.191. The second kappa shape index (κ2) is 6.01. The molecule has 2 rings (SSSR count). The predicted octanol–water partition coefficient (Wildman–Crippen LogP) is 2.52. The third-order valence-corrected chi connectivity index (χ3v) is 3.69. The Hall–Kier alpha value is -1.35. The first kappa shape index (κ1) is 13.1. The Kier molecular flexibility index (Phi) is 4.37. The first-order chi connectivity index (χ1) is 8.70. The molecule has 0 aromatic heterocycles. The SMILES string of the molecule is COC(=O)CCC(N)c1ccc2c(c1)CCCC2. The van der Waals surface area contributed by atoms with Crippen LogP contribution < -0.4 is 5.73 Å². The number of esters is 1. The highest BCUT2D eigenvalue weighted by Gasteiger charge is 2.13. The number of methoxy groups -OCH3 is 1. The van der Waals surface area contributed by atoms with Crippen molar-refractivity contribution in [3.63, 3.8) is 0 Å². The summed E-state index contributed by atoms with van der Waals surface area (Å²) in [4.78, 5) is 11.1. The summed E-state index contributed by atoms with van der Waals surface area (Å²) < 4.78 is 4.63. The van der Waals surface area contributed by atoms with Crippen LogP contribution in [0.4, 0.5) is 0 Å². The maximum atomic E-state index is 11.1. The van der Waals surface area contributed by atoms with Gasteiger partial charge in [-0.3, -0.25) is 4.79 Å². The number of aryl methyl sites for hydroxylation is 2. The molecule has 3 heteroatoms. The van der Waals surface area contributed by atoms with Crippen molar-refractivity contribution in [1.29, 1.82) is 0 Å². The highest BCUT2D eigenvalue weighted by molar-refractivity contribution is 5.69. The highest BCUT2D eigenvalue weighted by Crippen LogP contribution is 2.25. The summed E-state index contributed by atoms with van der Waals surface area (Å²) in [6.45, 7) is 0. The smallest absolute Gasteiger partial charge is 0.305 e. The lowest BCUT2D eigenvalue weighted by Crippen LogP contribution is -2.14. The van der Waals surface area contributed by atoms with Crippen LogP contribution in [0.25, 0.3) is 0 Å². The van der Waals surface area contributed by atoms with Gasteiger partial charge in [-0.05, 0) is 48.8 Å². The van der Waals surface area contributed by atoms with E-state index < -0.39 is 0 Å². The van der Waals surface area contributed by atoms with Gasteiger partial charge in [0.1, 0.15) is 0 Å². The van der Waals surface area contributed by atoms with Crippen LogP contribution in [0.5, 0.6) is 0 Å². The van der Waals surface area contributed by atoms with Crippen molar-refractivity contribution in [2.45, 2.75) is 44.6 Å². The summed E-state index contributed by atoms with van der Waals surface area (Å²) in [5, 5.41) is 0. The van der Waals surface area contributed by atoms with Crippen LogP contribution in [0.3, 0.4) is 0 Å². The molecule has 0 fully saturated rings. The molecule has 98 valence electrons. The Labute approximate surface area is 108 Å². The van der Waals surface area contributed by atoms with Gasteiger partial charge in [0.25, 0.3) is 0 Å². The van der Waals surface area contributed by atoms with E-state index in [4.69, 9.17) is 5.73 Å². The number of benzene rings is 1. The average molecular weight is 247 g/mol. The molecule has 1 aromatic carbocycles. The summed E-state index contributed by atoms with van der Waals surface area (Å²) in [5.74, 6) is -0.191. The molecule has 0 amide bonds. The van der Waals surface area contributed by atoms with E-state index in [0.29, 0.717) is 12.8 Å². The largest absolute Gasteiger partial charge is 0.469 e. The van der Waals surface area contributed by atoms with Crippen LogP contribution in [-0.2, 0) is 22.4 Å². The van der Waals surface area contributed by atoms with Gasteiger partial charge in [0, 0.05) is 12.5 Å². The molecule has 0 heterocycles. The number of hydrogen-bond donors (Lipinski definition) is 1. The molecule has 0 spiro atoms. The van der Waals surface area contributed by atoms with Crippen LogP contribution in [0.1, 0.15) is 48.4 Å². The molecule has 1 unspecified atom stereocenters. The zero-order chi connectivity index (χ0) is 13.0. The molecule has 1 aliphatic carbocycles. The van der Waals surface area contributed by atoms with Crippen molar-refractivity contribution in [3.05, 3.63) is 34.9 Å². The average Bonchev–Trinajstić information content (AvgIpc) is 2.43. The summed E-state index contributed by atoms with van der Waals surface area (Å²) in [5.41, 5.74) is 10.2. The van der Waals surface area contributed by atoms with E-state index in [-0.39, 0.29) is 12.0 Å². The minimum Gasteiger partial charge on any atom is -0.469 e. The second-order valence-corrected chi connectivity index (χ2v) is 4.96. The summed E-state index contributed by atoms with van der Waals surface area (Å²) in [6.07, 6.45) is 5.94. The van der Waals surface area contributed by atoms with Gasteiger partial charge >= 0.3 is 5.97 Å². The third-order valence-electron chi connectivity index (χ3n) is 3.69. The van der Waals surface area contributed by atoms with Crippen molar-refractivity contribution in [2.24, 2.45) is 5.73 Å². The molecule has 0 radical (unpaired) electrons. The maximum absolute atomic E-state index is 11.1.